The molecule has 0 aliphatic heterocycles. The maximum Gasteiger partial charge on any atom is 0.0458 e. The molecule has 1 heterocycles. The molecule has 1 aliphatic rings. The predicted octanol–water partition coefficient (Wildman–Crippen LogP) is 2.91. The van der Waals surface area contributed by atoms with Crippen molar-refractivity contribution in [2.24, 2.45) is 0 Å². The summed E-state index contributed by atoms with van der Waals surface area (Å²) in [5, 5.41) is 10.7. The Morgan fingerprint density at radius 3 is 2.94 bits per heavy atom. The summed E-state index contributed by atoms with van der Waals surface area (Å²) in [6.07, 6.45) is 2.70. The molecule has 0 radical (unpaired) electrons. The zero-order chi connectivity index (χ0) is 11.7. The molecule has 2 N–H and O–H groups in total. The Balaban J connectivity index is 1.83. The van der Waals surface area contributed by atoms with Gasteiger partial charge in [-0.2, -0.15) is 0 Å². The maximum absolute atomic E-state index is 3.60. The van der Waals surface area contributed by atoms with Gasteiger partial charge in [0.25, 0.3) is 0 Å². The summed E-state index contributed by atoms with van der Waals surface area (Å²) in [7, 11) is 2.05. The lowest BCUT2D eigenvalue weighted by molar-refractivity contribution is 0.530. The highest BCUT2D eigenvalue weighted by atomic mass is 32.1. The van der Waals surface area contributed by atoms with E-state index in [1.807, 2.05) is 18.4 Å². The van der Waals surface area contributed by atoms with Gasteiger partial charge in [-0.25, -0.2) is 0 Å². The van der Waals surface area contributed by atoms with Crippen LogP contribution in [0.25, 0.3) is 10.1 Å². The molecule has 17 heavy (non-hydrogen) atoms. The minimum atomic E-state index is 0.423. The van der Waals surface area contributed by atoms with E-state index in [4.69, 9.17) is 0 Å². The van der Waals surface area contributed by atoms with Crippen LogP contribution in [0.3, 0.4) is 0 Å². The lowest BCUT2D eigenvalue weighted by Crippen LogP contribution is -2.30. The highest BCUT2D eigenvalue weighted by Gasteiger charge is 2.22. The van der Waals surface area contributed by atoms with E-state index >= 15 is 0 Å². The van der Waals surface area contributed by atoms with Gasteiger partial charge in [0, 0.05) is 23.3 Å². The van der Waals surface area contributed by atoms with Crippen molar-refractivity contribution in [3.63, 3.8) is 0 Å². The number of thiophene rings is 1. The maximum atomic E-state index is 3.60. The first kappa shape index (κ1) is 11.2. The van der Waals surface area contributed by atoms with Crippen LogP contribution in [0.2, 0.25) is 0 Å². The van der Waals surface area contributed by atoms with Gasteiger partial charge in [0.05, 0.1) is 0 Å². The number of hydrogen-bond donors (Lipinski definition) is 2. The molecule has 1 aromatic carbocycles. The van der Waals surface area contributed by atoms with E-state index in [0.29, 0.717) is 6.04 Å². The molecule has 2 aromatic rings. The molecular weight excluding hydrogens is 228 g/mol. The molecule has 1 aliphatic carbocycles. The molecule has 0 bridgehead atoms. The van der Waals surface area contributed by atoms with Gasteiger partial charge >= 0.3 is 0 Å². The van der Waals surface area contributed by atoms with Gasteiger partial charge in [-0.3, -0.25) is 0 Å². The van der Waals surface area contributed by atoms with Crippen LogP contribution in [-0.2, 0) is 0 Å². The van der Waals surface area contributed by atoms with Crippen molar-refractivity contribution in [1.29, 1.82) is 0 Å². The third kappa shape index (κ3) is 2.37. The Morgan fingerprint density at radius 1 is 1.35 bits per heavy atom. The zero-order valence-corrected chi connectivity index (χ0v) is 10.9. The Hall–Kier alpha value is -0.900. The van der Waals surface area contributed by atoms with E-state index in [1.165, 1.54) is 28.5 Å². The number of likely N-dealkylation sites (N-methyl/N-ethyl adjacent to an activating group) is 1. The van der Waals surface area contributed by atoms with Crippen molar-refractivity contribution in [3.05, 3.63) is 35.2 Å². The molecule has 2 nitrogen and oxygen atoms in total. The number of hydrogen-bond acceptors (Lipinski definition) is 3. The van der Waals surface area contributed by atoms with Crippen molar-refractivity contribution in [3.8, 4) is 0 Å². The van der Waals surface area contributed by atoms with E-state index in [1.54, 1.807) is 0 Å². The molecule has 3 heteroatoms. The SMILES string of the molecule is CNC(CNC1CC1)c1csc2ccccc12. The second-order valence-electron chi connectivity index (χ2n) is 4.71. The second kappa shape index (κ2) is 4.77. The summed E-state index contributed by atoms with van der Waals surface area (Å²) in [5.41, 5.74) is 1.43. The van der Waals surface area contributed by atoms with E-state index in [0.717, 1.165) is 12.6 Å². The van der Waals surface area contributed by atoms with Crippen LogP contribution in [-0.4, -0.2) is 19.6 Å². The lowest BCUT2D eigenvalue weighted by Gasteiger charge is -2.16. The highest BCUT2D eigenvalue weighted by molar-refractivity contribution is 7.17. The van der Waals surface area contributed by atoms with Crippen LogP contribution in [0.4, 0.5) is 0 Å². The average Bonchev–Trinajstić information content (AvgIpc) is 3.10. The lowest BCUT2D eigenvalue weighted by atomic mass is 10.1. The van der Waals surface area contributed by atoms with Gasteiger partial charge in [-0.05, 0) is 42.3 Å². The van der Waals surface area contributed by atoms with Gasteiger partial charge in [0.1, 0.15) is 0 Å². The predicted molar refractivity (Wildman–Crippen MR) is 74.7 cm³/mol. The van der Waals surface area contributed by atoms with Gasteiger partial charge < -0.3 is 10.6 Å². The largest absolute Gasteiger partial charge is 0.312 e. The summed E-state index contributed by atoms with van der Waals surface area (Å²) in [5.74, 6) is 0. The van der Waals surface area contributed by atoms with Crippen molar-refractivity contribution in [1.82, 2.24) is 10.6 Å². The Morgan fingerprint density at radius 2 is 2.18 bits per heavy atom. The monoisotopic (exact) mass is 246 g/mol. The van der Waals surface area contributed by atoms with Gasteiger partial charge in [-0.1, -0.05) is 18.2 Å². The fraction of sp³-hybridized carbons (Fsp3) is 0.429. The van der Waals surface area contributed by atoms with Crippen LogP contribution >= 0.6 is 11.3 Å². The Labute approximate surface area is 106 Å². The fourth-order valence-corrected chi connectivity index (χ4v) is 3.22. The van der Waals surface area contributed by atoms with E-state index in [-0.39, 0.29) is 0 Å². The third-order valence-corrected chi connectivity index (χ3v) is 4.40. The third-order valence-electron chi connectivity index (χ3n) is 3.42. The van der Waals surface area contributed by atoms with E-state index in [9.17, 15) is 0 Å². The number of nitrogens with one attached hydrogen (secondary N) is 2. The van der Waals surface area contributed by atoms with Gasteiger partial charge in [-0.15, -0.1) is 11.3 Å². The molecule has 1 atom stereocenters. The molecule has 1 unspecified atom stereocenters. The summed E-state index contributed by atoms with van der Waals surface area (Å²) in [6, 6.07) is 9.86. The molecule has 0 saturated heterocycles. The first-order valence-corrected chi connectivity index (χ1v) is 7.13. The van der Waals surface area contributed by atoms with Crippen molar-refractivity contribution in [2.75, 3.05) is 13.6 Å². The van der Waals surface area contributed by atoms with Crippen LogP contribution in [0, 0.1) is 0 Å². The summed E-state index contributed by atoms with van der Waals surface area (Å²) >= 11 is 1.84. The summed E-state index contributed by atoms with van der Waals surface area (Å²) in [6.45, 7) is 1.03. The van der Waals surface area contributed by atoms with Gasteiger partial charge in [0.2, 0.25) is 0 Å². The quantitative estimate of drug-likeness (QED) is 0.847. The van der Waals surface area contributed by atoms with E-state index < -0.39 is 0 Å². The topological polar surface area (TPSA) is 24.1 Å². The molecule has 1 aromatic heterocycles. The Bertz CT molecular complexity index is 502. The minimum Gasteiger partial charge on any atom is -0.312 e. The van der Waals surface area contributed by atoms with Crippen LogP contribution in [0.5, 0.6) is 0 Å². The fourth-order valence-electron chi connectivity index (χ4n) is 2.21. The summed E-state index contributed by atoms with van der Waals surface area (Å²) in [4.78, 5) is 0. The molecule has 3 rings (SSSR count). The van der Waals surface area contributed by atoms with Crippen LogP contribution in [0.15, 0.2) is 29.6 Å². The smallest absolute Gasteiger partial charge is 0.0458 e. The summed E-state index contributed by atoms with van der Waals surface area (Å²) < 4.78 is 1.38. The average molecular weight is 246 g/mol. The molecule has 0 spiro atoms. The normalized spacial score (nSPS) is 17.5. The number of fused-ring (bicyclic) bond motifs is 1. The van der Waals surface area contributed by atoms with Crippen molar-refractivity contribution >= 4 is 21.4 Å². The molecule has 1 saturated carbocycles. The first-order valence-electron chi connectivity index (χ1n) is 6.25. The van der Waals surface area contributed by atoms with Crippen molar-refractivity contribution < 1.29 is 0 Å². The molecule has 1 fully saturated rings. The zero-order valence-electron chi connectivity index (χ0n) is 10.1. The minimum absolute atomic E-state index is 0.423. The van der Waals surface area contributed by atoms with Crippen molar-refractivity contribution in [2.45, 2.75) is 24.9 Å². The van der Waals surface area contributed by atoms with E-state index in [2.05, 4.69) is 40.3 Å². The molecule has 0 amide bonds. The highest BCUT2D eigenvalue weighted by Crippen LogP contribution is 2.30. The Kier molecular flexibility index (Phi) is 3.14. The molecular formula is C14H18N2S. The number of rotatable bonds is 5. The van der Waals surface area contributed by atoms with Gasteiger partial charge in [0.15, 0.2) is 0 Å². The standard InChI is InChI=1S/C14H18N2S/c1-15-13(8-16-10-6-7-10)12-9-17-14-5-3-2-4-11(12)14/h2-5,9-10,13,15-16H,6-8H2,1H3. The second-order valence-corrected chi connectivity index (χ2v) is 5.62. The number of benzene rings is 1. The molecule has 90 valence electrons. The first-order chi connectivity index (χ1) is 8.38. The van der Waals surface area contributed by atoms with Crippen LogP contribution < -0.4 is 10.6 Å². The van der Waals surface area contributed by atoms with Crippen LogP contribution in [0.1, 0.15) is 24.4 Å².